The molecule has 0 rings (SSSR count). The summed E-state index contributed by atoms with van der Waals surface area (Å²) >= 11 is 0. The Bertz CT molecular complexity index is 278. The summed E-state index contributed by atoms with van der Waals surface area (Å²) in [6.07, 6.45) is 2.00. The van der Waals surface area contributed by atoms with Crippen molar-refractivity contribution in [2.45, 2.75) is 47.0 Å². The molecule has 0 aliphatic carbocycles. The molecule has 0 unspecified atom stereocenters. The number of hydrogen-bond donors (Lipinski definition) is 2. The zero-order chi connectivity index (χ0) is 13.0. The van der Waals surface area contributed by atoms with Crippen molar-refractivity contribution >= 4 is 13.4 Å². The Labute approximate surface area is 97.6 Å². The molecule has 0 aromatic carbocycles. The fourth-order valence-electron chi connectivity index (χ4n) is 1.49. The first-order chi connectivity index (χ1) is 7.04. The molecule has 0 radical (unpaired) electrons. The van der Waals surface area contributed by atoms with Gasteiger partial charge >= 0.3 is 7.60 Å². The van der Waals surface area contributed by atoms with E-state index in [2.05, 4.69) is 13.8 Å². The van der Waals surface area contributed by atoms with Crippen LogP contribution in [-0.4, -0.2) is 21.7 Å². The Hall–Kier alpha value is -0.180. The first-order valence-electron chi connectivity index (χ1n) is 5.62. The minimum Gasteiger partial charge on any atom is -0.324 e. The zero-order valence-corrected chi connectivity index (χ0v) is 11.5. The second-order valence-electron chi connectivity index (χ2n) is 5.42. The molecule has 0 aliphatic heterocycles. The van der Waals surface area contributed by atoms with Crippen LogP contribution in [0.1, 0.15) is 47.0 Å². The van der Waals surface area contributed by atoms with Crippen LogP contribution < -0.4 is 0 Å². The Morgan fingerprint density at radius 2 is 1.81 bits per heavy atom. The summed E-state index contributed by atoms with van der Waals surface area (Å²) in [5.74, 6) is 0.247. The number of carbonyl (C=O) groups is 1. The van der Waals surface area contributed by atoms with Crippen molar-refractivity contribution in [2.24, 2.45) is 11.3 Å². The summed E-state index contributed by atoms with van der Waals surface area (Å²) in [5, 5.41) is 0. The van der Waals surface area contributed by atoms with E-state index in [-0.39, 0.29) is 5.78 Å². The molecule has 0 bridgehead atoms. The van der Waals surface area contributed by atoms with Gasteiger partial charge < -0.3 is 9.79 Å². The third kappa shape index (κ3) is 7.15. The number of rotatable bonds is 7. The minimum atomic E-state index is -4.22. The molecular weight excluding hydrogens is 227 g/mol. The normalized spacial score (nSPS) is 13.2. The highest BCUT2D eigenvalue weighted by Gasteiger charge is 2.31. The maximum Gasteiger partial charge on any atom is 0.332 e. The summed E-state index contributed by atoms with van der Waals surface area (Å²) in [6.45, 7) is 7.74. The van der Waals surface area contributed by atoms with Crippen molar-refractivity contribution in [3.8, 4) is 0 Å². The average Bonchev–Trinajstić information content (AvgIpc) is 1.99. The van der Waals surface area contributed by atoms with Crippen molar-refractivity contribution in [1.29, 1.82) is 0 Å². The molecular formula is C11H23O4P. The summed E-state index contributed by atoms with van der Waals surface area (Å²) in [7, 11) is -4.22. The van der Waals surface area contributed by atoms with Crippen molar-refractivity contribution in [2.75, 3.05) is 6.16 Å². The predicted octanol–water partition coefficient (Wildman–Crippen LogP) is 2.59. The highest BCUT2D eigenvalue weighted by atomic mass is 31.2. The van der Waals surface area contributed by atoms with Crippen LogP contribution in [0.4, 0.5) is 0 Å². The number of hydrogen-bond acceptors (Lipinski definition) is 2. The average molecular weight is 250 g/mol. The molecule has 16 heavy (non-hydrogen) atoms. The molecule has 0 saturated carbocycles. The molecule has 0 atom stereocenters. The maximum absolute atomic E-state index is 11.7. The van der Waals surface area contributed by atoms with Gasteiger partial charge in [-0.3, -0.25) is 9.36 Å². The maximum atomic E-state index is 11.7. The molecule has 5 heteroatoms. The van der Waals surface area contributed by atoms with Crippen LogP contribution in [0.2, 0.25) is 0 Å². The number of ketones is 1. The van der Waals surface area contributed by atoms with Gasteiger partial charge in [0.05, 0.1) is 0 Å². The third-order valence-corrected chi connectivity index (χ3v) is 3.39. The van der Waals surface area contributed by atoms with Crippen LogP contribution in [0.25, 0.3) is 0 Å². The van der Waals surface area contributed by atoms with Crippen LogP contribution in [0.3, 0.4) is 0 Å². The van der Waals surface area contributed by atoms with Crippen LogP contribution in [-0.2, 0) is 9.36 Å². The minimum absolute atomic E-state index is 0.343. The van der Waals surface area contributed by atoms with Crippen LogP contribution in [0, 0.1) is 11.3 Å². The summed E-state index contributed by atoms with van der Waals surface area (Å²) in [5.41, 5.74) is -0.629. The Morgan fingerprint density at radius 1 is 1.31 bits per heavy atom. The molecule has 0 amide bonds. The van der Waals surface area contributed by atoms with E-state index < -0.39 is 19.2 Å². The van der Waals surface area contributed by atoms with Gasteiger partial charge in [-0.1, -0.05) is 40.5 Å². The van der Waals surface area contributed by atoms with Crippen LogP contribution in [0.15, 0.2) is 0 Å². The molecule has 0 aliphatic rings. The van der Waals surface area contributed by atoms with Crippen molar-refractivity contribution in [1.82, 2.24) is 0 Å². The molecule has 96 valence electrons. The lowest BCUT2D eigenvalue weighted by molar-refractivity contribution is -0.125. The Kier molecular flexibility index (Phi) is 5.88. The van der Waals surface area contributed by atoms with E-state index in [1.54, 1.807) is 13.8 Å². The smallest absolute Gasteiger partial charge is 0.324 e. The van der Waals surface area contributed by atoms with E-state index in [0.29, 0.717) is 12.3 Å². The van der Waals surface area contributed by atoms with Gasteiger partial charge in [-0.2, -0.15) is 0 Å². The van der Waals surface area contributed by atoms with Gasteiger partial charge in [0.1, 0.15) is 11.9 Å². The molecule has 4 nitrogen and oxygen atoms in total. The summed E-state index contributed by atoms with van der Waals surface area (Å²) < 4.78 is 10.7. The fourth-order valence-corrected chi connectivity index (χ4v) is 2.29. The van der Waals surface area contributed by atoms with Crippen LogP contribution in [0.5, 0.6) is 0 Å². The van der Waals surface area contributed by atoms with Gasteiger partial charge in [0.15, 0.2) is 0 Å². The van der Waals surface area contributed by atoms with E-state index in [4.69, 9.17) is 9.79 Å². The monoisotopic (exact) mass is 250 g/mol. The first-order valence-corrected chi connectivity index (χ1v) is 7.42. The van der Waals surface area contributed by atoms with Gasteiger partial charge in [0, 0.05) is 5.41 Å². The predicted molar refractivity (Wildman–Crippen MR) is 64.4 cm³/mol. The zero-order valence-electron chi connectivity index (χ0n) is 10.6. The lowest BCUT2D eigenvalue weighted by Gasteiger charge is -2.23. The molecule has 0 saturated heterocycles. The molecule has 0 spiro atoms. The van der Waals surface area contributed by atoms with Gasteiger partial charge in [0.2, 0.25) is 0 Å². The number of Topliss-reactive ketones (excluding diaryl/α,β-unsaturated/α-hetero) is 1. The molecule has 0 fully saturated rings. The van der Waals surface area contributed by atoms with E-state index in [0.717, 1.165) is 12.8 Å². The highest BCUT2D eigenvalue weighted by Crippen LogP contribution is 2.38. The van der Waals surface area contributed by atoms with Crippen molar-refractivity contribution in [3.63, 3.8) is 0 Å². The Balaban J connectivity index is 4.21. The molecule has 0 aromatic rings. The molecule has 0 aromatic heterocycles. The van der Waals surface area contributed by atoms with E-state index in [1.807, 2.05) is 0 Å². The SMILES string of the molecule is CC(C)CCCC(C)(C)C(=O)CP(=O)(O)O. The Morgan fingerprint density at radius 3 is 2.19 bits per heavy atom. The van der Waals surface area contributed by atoms with Gasteiger partial charge in [0.25, 0.3) is 0 Å². The van der Waals surface area contributed by atoms with E-state index in [9.17, 15) is 9.36 Å². The second kappa shape index (κ2) is 5.95. The first kappa shape index (κ1) is 15.8. The summed E-state index contributed by atoms with van der Waals surface area (Å²) in [4.78, 5) is 29.2. The van der Waals surface area contributed by atoms with Crippen molar-refractivity contribution < 1.29 is 19.1 Å². The fraction of sp³-hybridized carbons (Fsp3) is 0.909. The van der Waals surface area contributed by atoms with Crippen LogP contribution >= 0.6 is 7.60 Å². The van der Waals surface area contributed by atoms with Crippen molar-refractivity contribution in [3.05, 3.63) is 0 Å². The third-order valence-electron chi connectivity index (χ3n) is 2.69. The van der Waals surface area contributed by atoms with Gasteiger partial charge in [-0.15, -0.1) is 0 Å². The largest absolute Gasteiger partial charge is 0.332 e. The quantitative estimate of drug-likeness (QED) is 0.681. The summed E-state index contributed by atoms with van der Waals surface area (Å²) in [6, 6.07) is 0. The molecule has 0 heterocycles. The highest BCUT2D eigenvalue weighted by molar-refractivity contribution is 7.52. The second-order valence-corrected chi connectivity index (χ2v) is 7.06. The standard InChI is InChI=1S/C11H23O4P/c1-9(2)6-5-7-11(3,4)10(12)8-16(13,14)15/h9H,5-8H2,1-4H3,(H2,13,14,15). The number of carbonyl (C=O) groups excluding carboxylic acids is 1. The molecule has 2 N–H and O–H groups in total. The topological polar surface area (TPSA) is 74.6 Å². The van der Waals surface area contributed by atoms with Gasteiger partial charge in [-0.25, -0.2) is 0 Å². The lowest BCUT2D eigenvalue weighted by Crippen LogP contribution is -2.27. The van der Waals surface area contributed by atoms with Gasteiger partial charge in [-0.05, 0) is 12.3 Å². The lowest BCUT2D eigenvalue weighted by atomic mass is 9.83. The van der Waals surface area contributed by atoms with E-state index >= 15 is 0 Å². The van der Waals surface area contributed by atoms with E-state index in [1.165, 1.54) is 0 Å².